The van der Waals surface area contributed by atoms with Gasteiger partial charge in [0.05, 0.1) is 18.2 Å². The molecule has 1 aliphatic rings. The van der Waals surface area contributed by atoms with Crippen LogP contribution in [0.25, 0.3) is 6.08 Å². The number of anilines is 1. The van der Waals surface area contributed by atoms with Gasteiger partial charge >= 0.3 is 6.09 Å². The highest BCUT2D eigenvalue weighted by Crippen LogP contribution is 2.38. The van der Waals surface area contributed by atoms with E-state index < -0.39 is 6.09 Å². The number of aliphatic hydroxyl groups is 1. The summed E-state index contributed by atoms with van der Waals surface area (Å²) in [6, 6.07) is 5.64. The van der Waals surface area contributed by atoms with Crippen molar-refractivity contribution >= 4 is 45.8 Å². The maximum absolute atomic E-state index is 12.2. The molecule has 2 aromatic rings. The molecule has 0 saturated carbocycles. The van der Waals surface area contributed by atoms with Gasteiger partial charge in [-0.3, -0.25) is 4.79 Å². The monoisotopic (exact) mass is 431 g/mol. The van der Waals surface area contributed by atoms with Gasteiger partial charge in [0.1, 0.15) is 17.2 Å². The third-order valence-corrected chi connectivity index (χ3v) is 6.43. The van der Waals surface area contributed by atoms with Gasteiger partial charge < -0.3 is 20.5 Å². The average molecular weight is 432 g/mol. The molecule has 0 aliphatic heterocycles. The van der Waals surface area contributed by atoms with Crippen molar-refractivity contribution in [2.45, 2.75) is 38.3 Å². The van der Waals surface area contributed by atoms with Crippen LogP contribution >= 0.6 is 22.7 Å². The highest BCUT2D eigenvalue weighted by atomic mass is 32.1. The number of ether oxygens (including phenoxy) is 1. The van der Waals surface area contributed by atoms with E-state index in [-0.39, 0.29) is 24.7 Å². The maximum Gasteiger partial charge on any atom is 0.407 e. The number of carbonyl (C=O) groups is 2. The van der Waals surface area contributed by atoms with Gasteiger partial charge in [-0.2, -0.15) is 5.26 Å². The van der Waals surface area contributed by atoms with Crippen molar-refractivity contribution in [1.29, 1.82) is 5.26 Å². The van der Waals surface area contributed by atoms with Crippen LogP contribution in [0.3, 0.4) is 0 Å². The van der Waals surface area contributed by atoms with Crippen molar-refractivity contribution in [3.05, 3.63) is 44.5 Å². The van der Waals surface area contributed by atoms with Crippen molar-refractivity contribution in [1.82, 2.24) is 5.32 Å². The van der Waals surface area contributed by atoms with Crippen molar-refractivity contribution < 1.29 is 19.4 Å². The lowest BCUT2D eigenvalue weighted by Crippen LogP contribution is -2.38. The second kappa shape index (κ2) is 9.69. The summed E-state index contributed by atoms with van der Waals surface area (Å²) in [7, 11) is 0. The van der Waals surface area contributed by atoms with Gasteiger partial charge in [0.25, 0.3) is 0 Å². The van der Waals surface area contributed by atoms with Crippen LogP contribution in [-0.4, -0.2) is 35.9 Å². The summed E-state index contributed by atoms with van der Waals surface area (Å²) in [4.78, 5) is 26.0. The second-order valence-corrected chi connectivity index (χ2v) is 8.74. The van der Waals surface area contributed by atoms with Crippen LogP contribution in [-0.2, 0) is 22.4 Å². The number of alkyl carbamates (subject to hydrolysis) is 1. The van der Waals surface area contributed by atoms with Crippen LogP contribution < -0.4 is 10.6 Å². The van der Waals surface area contributed by atoms with Gasteiger partial charge in [-0.05, 0) is 42.9 Å². The molecule has 0 aromatic carbocycles. The minimum Gasteiger partial charge on any atom is -0.446 e. The number of nitrogens with one attached hydrogen (secondary N) is 2. The number of amides is 2. The number of nitrogens with zero attached hydrogens (tertiary/aromatic N) is 1. The fourth-order valence-corrected chi connectivity index (χ4v) is 4.88. The molecule has 2 heterocycles. The van der Waals surface area contributed by atoms with Gasteiger partial charge in [-0.1, -0.05) is 6.07 Å². The first kappa shape index (κ1) is 21.0. The van der Waals surface area contributed by atoms with Crippen LogP contribution in [0.5, 0.6) is 0 Å². The first-order chi connectivity index (χ1) is 14.0. The van der Waals surface area contributed by atoms with Gasteiger partial charge in [-0.25, -0.2) is 4.79 Å². The molecule has 0 fully saturated rings. The van der Waals surface area contributed by atoms with E-state index in [4.69, 9.17) is 9.84 Å². The number of hydrogen-bond acceptors (Lipinski definition) is 7. The largest absolute Gasteiger partial charge is 0.446 e. The van der Waals surface area contributed by atoms with E-state index in [2.05, 4.69) is 16.7 Å². The van der Waals surface area contributed by atoms with Gasteiger partial charge in [0.15, 0.2) is 0 Å². The maximum atomic E-state index is 12.2. The van der Waals surface area contributed by atoms with Crippen molar-refractivity contribution in [3.8, 4) is 6.07 Å². The zero-order chi connectivity index (χ0) is 20.8. The SMILES string of the molecule is CC(CO)NC(=O)OC1CCc2c(sc(NC(=O)/C=C/c3cccs3)c2C#N)C1. The number of hydrogen-bond donors (Lipinski definition) is 3. The Balaban J connectivity index is 1.65. The molecule has 2 amide bonds. The lowest BCUT2D eigenvalue weighted by molar-refractivity contribution is -0.111. The Labute approximate surface area is 176 Å². The fraction of sp³-hybridized carbons (Fsp3) is 0.350. The van der Waals surface area contributed by atoms with E-state index in [1.165, 1.54) is 28.7 Å². The van der Waals surface area contributed by atoms with E-state index in [9.17, 15) is 14.9 Å². The topological polar surface area (TPSA) is 111 Å². The van der Waals surface area contributed by atoms with E-state index in [0.29, 0.717) is 29.8 Å². The lowest BCUT2D eigenvalue weighted by atomic mass is 9.94. The Morgan fingerprint density at radius 3 is 3.03 bits per heavy atom. The molecule has 29 heavy (non-hydrogen) atoms. The molecule has 0 bridgehead atoms. The molecule has 1 aliphatic carbocycles. The van der Waals surface area contributed by atoms with Crippen molar-refractivity contribution in [3.63, 3.8) is 0 Å². The van der Waals surface area contributed by atoms with E-state index >= 15 is 0 Å². The summed E-state index contributed by atoms with van der Waals surface area (Å²) < 4.78 is 5.43. The summed E-state index contributed by atoms with van der Waals surface area (Å²) in [5.41, 5.74) is 1.40. The molecule has 2 unspecified atom stereocenters. The predicted molar refractivity (Wildman–Crippen MR) is 113 cm³/mol. The number of rotatable bonds is 6. The standard InChI is InChI=1S/C20H21N3O4S2/c1-12(11-24)22-20(26)27-13-4-6-15-16(10-21)19(29-17(15)9-13)23-18(25)7-5-14-3-2-8-28-14/h2-3,5,7-8,12-13,24H,4,6,9,11H2,1H3,(H,22,26)(H,23,25)/b7-5+. The first-order valence-electron chi connectivity index (χ1n) is 9.15. The van der Waals surface area contributed by atoms with Crippen molar-refractivity contribution in [2.75, 3.05) is 11.9 Å². The van der Waals surface area contributed by atoms with Gasteiger partial charge in [0.2, 0.25) is 5.91 Å². The molecule has 0 spiro atoms. The van der Waals surface area contributed by atoms with E-state index in [1.54, 1.807) is 13.0 Å². The third-order valence-electron chi connectivity index (χ3n) is 4.42. The van der Waals surface area contributed by atoms with Crippen LogP contribution in [0.15, 0.2) is 23.6 Å². The molecule has 0 saturated heterocycles. The summed E-state index contributed by atoms with van der Waals surface area (Å²) in [5.74, 6) is -0.293. The van der Waals surface area contributed by atoms with Crippen molar-refractivity contribution in [2.24, 2.45) is 0 Å². The normalized spacial score (nSPS) is 16.7. The number of thiophene rings is 2. The number of fused-ring (bicyclic) bond motifs is 1. The zero-order valence-electron chi connectivity index (χ0n) is 15.8. The number of aliphatic hydroxyl groups excluding tert-OH is 1. The highest BCUT2D eigenvalue weighted by Gasteiger charge is 2.28. The number of carbonyl (C=O) groups excluding carboxylic acids is 2. The van der Waals surface area contributed by atoms with Crippen LogP contribution in [0, 0.1) is 11.3 Å². The quantitative estimate of drug-likeness (QED) is 0.608. The van der Waals surface area contributed by atoms with Crippen LogP contribution in [0.1, 0.15) is 34.2 Å². The zero-order valence-corrected chi connectivity index (χ0v) is 17.4. The summed E-state index contributed by atoms with van der Waals surface area (Å²) in [6.45, 7) is 1.52. The molecular formula is C20H21N3O4S2. The molecule has 9 heteroatoms. The van der Waals surface area contributed by atoms with Gasteiger partial charge in [0, 0.05) is 22.3 Å². The highest BCUT2D eigenvalue weighted by molar-refractivity contribution is 7.16. The Bertz CT molecular complexity index is 944. The Morgan fingerprint density at radius 2 is 2.34 bits per heavy atom. The molecule has 3 rings (SSSR count). The molecule has 0 radical (unpaired) electrons. The molecule has 2 aromatic heterocycles. The Hall–Kier alpha value is -2.67. The first-order valence-corrected chi connectivity index (χ1v) is 10.8. The minimum absolute atomic E-state index is 0.162. The average Bonchev–Trinajstić information content (AvgIpc) is 3.32. The minimum atomic E-state index is -0.565. The molecule has 2 atom stereocenters. The second-order valence-electron chi connectivity index (χ2n) is 6.66. The Kier molecular flexibility index (Phi) is 7.04. The smallest absolute Gasteiger partial charge is 0.407 e. The van der Waals surface area contributed by atoms with Crippen LogP contribution in [0.2, 0.25) is 0 Å². The van der Waals surface area contributed by atoms with E-state index in [0.717, 1.165) is 15.3 Å². The summed E-state index contributed by atoms with van der Waals surface area (Å²) >= 11 is 2.88. The molecule has 3 N–H and O–H groups in total. The van der Waals surface area contributed by atoms with Gasteiger partial charge in [-0.15, -0.1) is 22.7 Å². The third kappa shape index (κ3) is 5.44. The lowest BCUT2D eigenvalue weighted by Gasteiger charge is -2.23. The summed E-state index contributed by atoms with van der Waals surface area (Å²) in [5, 5.41) is 26.4. The molecular weight excluding hydrogens is 410 g/mol. The predicted octanol–water partition coefficient (Wildman–Crippen LogP) is 3.30. The molecule has 152 valence electrons. The number of nitriles is 1. The molecule has 7 nitrogen and oxygen atoms in total. The Morgan fingerprint density at radius 1 is 1.52 bits per heavy atom. The summed E-state index contributed by atoms with van der Waals surface area (Å²) in [6.07, 6.45) is 4.01. The van der Waals surface area contributed by atoms with Crippen LogP contribution in [0.4, 0.5) is 9.80 Å². The van der Waals surface area contributed by atoms with E-state index in [1.807, 2.05) is 17.5 Å². The fourth-order valence-electron chi connectivity index (χ4n) is 2.99.